The summed E-state index contributed by atoms with van der Waals surface area (Å²) in [5.41, 5.74) is 5.37. The lowest BCUT2D eigenvalue weighted by molar-refractivity contribution is -0.137. The van der Waals surface area contributed by atoms with E-state index >= 15 is 0 Å². The summed E-state index contributed by atoms with van der Waals surface area (Å²) in [7, 11) is 1.65. The Bertz CT molecular complexity index is 1470. The smallest absolute Gasteiger partial charge is 0.416 e. The van der Waals surface area contributed by atoms with Gasteiger partial charge in [-0.25, -0.2) is 4.98 Å². The molecule has 0 amide bonds. The zero-order chi connectivity index (χ0) is 25.1. The fraction of sp³-hybridized carbons (Fsp3) is 0.138. The highest BCUT2D eigenvalue weighted by Gasteiger charge is 2.30. The molecule has 5 rings (SSSR count). The largest absolute Gasteiger partial charge is 0.497 e. The molecule has 182 valence electrons. The van der Waals surface area contributed by atoms with Crippen molar-refractivity contribution >= 4 is 11.0 Å². The van der Waals surface area contributed by atoms with Crippen molar-refractivity contribution in [2.45, 2.75) is 19.3 Å². The molecule has 0 atom stereocenters. The van der Waals surface area contributed by atoms with E-state index in [1.807, 2.05) is 48.5 Å². The Balaban J connectivity index is 1.28. The van der Waals surface area contributed by atoms with Gasteiger partial charge in [-0.1, -0.05) is 54.6 Å². The van der Waals surface area contributed by atoms with Crippen LogP contribution in [0.5, 0.6) is 5.75 Å². The first-order chi connectivity index (χ1) is 17.4. The Morgan fingerprint density at radius 3 is 2.11 bits per heavy atom. The van der Waals surface area contributed by atoms with Crippen LogP contribution in [0.15, 0.2) is 91.0 Å². The van der Waals surface area contributed by atoms with Gasteiger partial charge in [0.1, 0.15) is 11.6 Å². The maximum absolute atomic E-state index is 13.0. The maximum atomic E-state index is 13.0. The molecule has 0 aliphatic carbocycles. The fourth-order valence-corrected chi connectivity index (χ4v) is 4.08. The number of H-pyrrole nitrogens is 1. The maximum Gasteiger partial charge on any atom is 0.416 e. The number of aromatic amines is 1. The van der Waals surface area contributed by atoms with Gasteiger partial charge in [0, 0.05) is 18.7 Å². The van der Waals surface area contributed by atoms with E-state index in [1.54, 1.807) is 7.11 Å². The molecule has 7 heteroatoms. The highest BCUT2D eigenvalue weighted by molar-refractivity contribution is 5.81. The van der Waals surface area contributed by atoms with Crippen LogP contribution in [0.1, 0.15) is 16.7 Å². The van der Waals surface area contributed by atoms with E-state index in [0.29, 0.717) is 16.9 Å². The van der Waals surface area contributed by atoms with E-state index in [2.05, 4.69) is 39.6 Å². The molecule has 0 unspecified atom stereocenters. The number of ether oxygens (including phenoxy) is 1. The lowest BCUT2D eigenvalue weighted by atomic mass is 10.0. The number of alkyl halides is 3. The number of hydrogen-bond acceptors (Lipinski definition) is 3. The summed E-state index contributed by atoms with van der Waals surface area (Å²) in [6.45, 7) is 1.50. The molecular formula is C29H24F3N3O. The van der Waals surface area contributed by atoms with Crippen molar-refractivity contribution in [1.29, 1.82) is 0 Å². The van der Waals surface area contributed by atoms with E-state index in [1.165, 1.54) is 17.2 Å². The van der Waals surface area contributed by atoms with Crippen LogP contribution in [0.2, 0.25) is 0 Å². The van der Waals surface area contributed by atoms with Gasteiger partial charge in [0.2, 0.25) is 0 Å². The van der Waals surface area contributed by atoms with Crippen molar-refractivity contribution < 1.29 is 17.9 Å². The third kappa shape index (κ3) is 5.26. The van der Waals surface area contributed by atoms with Crippen molar-refractivity contribution in [2.24, 2.45) is 0 Å². The third-order valence-corrected chi connectivity index (χ3v) is 6.05. The lowest BCUT2D eigenvalue weighted by Gasteiger charge is -2.08. The van der Waals surface area contributed by atoms with Crippen molar-refractivity contribution in [2.75, 3.05) is 7.11 Å². The van der Waals surface area contributed by atoms with Crippen LogP contribution in [0.3, 0.4) is 0 Å². The van der Waals surface area contributed by atoms with Gasteiger partial charge >= 0.3 is 6.18 Å². The normalized spacial score (nSPS) is 11.7. The second-order valence-electron chi connectivity index (χ2n) is 8.54. The molecule has 4 nitrogen and oxygen atoms in total. The van der Waals surface area contributed by atoms with Crippen LogP contribution in [-0.2, 0) is 19.3 Å². The van der Waals surface area contributed by atoms with Crippen molar-refractivity contribution in [3.8, 4) is 28.3 Å². The number of halogens is 3. The quantitative estimate of drug-likeness (QED) is 0.255. The average molecular weight is 488 g/mol. The summed E-state index contributed by atoms with van der Waals surface area (Å²) in [6, 6.07) is 27.6. The molecule has 0 radical (unpaired) electrons. The predicted octanol–water partition coefficient (Wildman–Crippen LogP) is 7.21. The molecule has 0 bridgehead atoms. The van der Waals surface area contributed by atoms with Gasteiger partial charge in [-0.2, -0.15) is 13.2 Å². The second kappa shape index (κ2) is 9.87. The Kier molecular flexibility index (Phi) is 6.48. The summed E-state index contributed by atoms with van der Waals surface area (Å²) in [6.07, 6.45) is -4.39. The van der Waals surface area contributed by atoms with Crippen molar-refractivity contribution in [3.63, 3.8) is 0 Å². The first kappa shape index (κ1) is 23.6. The Morgan fingerprint density at radius 1 is 0.778 bits per heavy atom. The van der Waals surface area contributed by atoms with E-state index < -0.39 is 11.7 Å². The van der Waals surface area contributed by atoms with Gasteiger partial charge < -0.3 is 15.0 Å². The number of benzene rings is 4. The zero-order valence-electron chi connectivity index (χ0n) is 19.6. The molecular weight excluding hydrogens is 463 g/mol. The van der Waals surface area contributed by atoms with Gasteiger partial charge in [-0.05, 0) is 58.7 Å². The van der Waals surface area contributed by atoms with Gasteiger partial charge in [0.15, 0.2) is 0 Å². The summed E-state index contributed by atoms with van der Waals surface area (Å²) < 4.78 is 44.3. The Morgan fingerprint density at radius 2 is 1.44 bits per heavy atom. The minimum absolute atomic E-state index is 0.358. The molecule has 0 aliphatic rings. The molecule has 0 saturated heterocycles. The third-order valence-electron chi connectivity index (χ3n) is 6.05. The molecule has 36 heavy (non-hydrogen) atoms. The number of methoxy groups -OCH3 is 1. The molecule has 5 aromatic rings. The van der Waals surface area contributed by atoms with Crippen molar-refractivity contribution in [3.05, 3.63) is 108 Å². The van der Waals surface area contributed by atoms with Gasteiger partial charge in [-0.15, -0.1) is 0 Å². The van der Waals surface area contributed by atoms with Crippen LogP contribution < -0.4 is 10.1 Å². The number of nitrogens with zero attached hydrogens (tertiary/aromatic N) is 1. The van der Waals surface area contributed by atoms with E-state index in [4.69, 9.17) is 4.74 Å². The minimum Gasteiger partial charge on any atom is -0.497 e. The number of aromatic nitrogens is 2. The van der Waals surface area contributed by atoms with Gasteiger partial charge in [0.05, 0.1) is 23.7 Å². The summed E-state index contributed by atoms with van der Waals surface area (Å²) in [4.78, 5) is 7.51. The van der Waals surface area contributed by atoms with E-state index in [-0.39, 0.29) is 0 Å². The summed E-state index contributed by atoms with van der Waals surface area (Å²) >= 11 is 0. The summed E-state index contributed by atoms with van der Waals surface area (Å²) in [5, 5.41) is 3.45. The van der Waals surface area contributed by atoms with Gasteiger partial charge in [-0.3, -0.25) is 0 Å². The monoisotopic (exact) mass is 487 g/mol. The van der Waals surface area contributed by atoms with Crippen LogP contribution in [0, 0.1) is 0 Å². The molecule has 0 spiro atoms. The zero-order valence-corrected chi connectivity index (χ0v) is 19.6. The number of nitrogens with one attached hydrogen (secondary N) is 2. The standard InChI is InChI=1S/C29H24F3N3O/c1-36-25-12-7-20(8-13-25)18-33-17-19-5-9-21(10-6-19)22-3-2-4-23(15-22)28-34-26-14-11-24(29(30,31)32)16-27(26)35-28/h2-16,33H,17-18H2,1H3,(H,34,35). The lowest BCUT2D eigenvalue weighted by Crippen LogP contribution is -2.12. The molecule has 2 N–H and O–H groups in total. The molecule has 0 aliphatic heterocycles. The Hall–Kier alpha value is -4.10. The van der Waals surface area contributed by atoms with Gasteiger partial charge in [0.25, 0.3) is 0 Å². The molecule has 1 heterocycles. The Labute approximate surface area is 206 Å². The number of hydrogen-bond donors (Lipinski definition) is 2. The minimum atomic E-state index is -4.39. The van der Waals surface area contributed by atoms with E-state index in [9.17, 15) is 13.2 Å². The fourth-order valence-electron chi connectivity index (χ4n) is 4.08. The average Bonchev–Trinajstić information content (AvgIpc) is 3.33. The van der Waals surface area contributed by atoms with Crippen LogP contribution in [0.4, 0.5) is 13.2 Å². The topological polar surface area (TPSA) is 49.9 Å². The predicted molar refractivity (Wildman–Crippen MR) is 136 cm³/mol. The summed E-state index contributed by atoms with van der Waals surface area (Å²) in [5.74, 6) is 1.37. The SMILES string of the molecule is COc1ccc(CNCc2ccc(-c3cccc(-c4nc5ccc(C(F)(F)F)cc5[nH]4)c3)cc2)cc1. The number of fused-ring (bicyclic) bond motifs is 1. The molecule has 0 fully saturated rings. The first-order valence-electron chi connectivity index (χ1n) is 11.5. The number of rotatable bonds is 7. The van der Waals surface area contributed by atoms with Crippen LogP contribution in [0.25, 0.3) is 33.5 Å². The molecule has 0 saturated carbocycles. The van der Waals surface area contributed by atoms with Crippen LogP contribution in [-0.4, -0.2) is 17.1 Å². The highest BCUT2D eigenvalue weighted by Crippen LogP contribution is 2.32. The molecule has 1 aromatic heterocycles. The highest BCUT2D eigenvalue weighted by atomic mass is 19.4. The van der Waals surface area contributed by atoms with E-state index in [0.717, 1.165) is 47.7 Å². The number of imidazole rings is 1. The van der Waals surface area contributed by atoms with Crippen LogP contribution >= 0.6 is 0 Å². The van der Waals surface area contributed by atoms with Crippen molar-refractivity contribution in [1.82, 2.24) is 15.3 Å². The second-order valence-corrected chi connectivity index (χ2v) is 8.54. The first-order valence-corrected chi connectivity index (χ1v) is 11.5. The molecule has 4 aromatic carbocycles.